The van der Waals surface area contributed by atoms with E-state index in [-0.39, 0.29) is 6.61 Å². The molecule has 0 heterocycles. The minimum Gasteiger partial charge on any atom is -0.381 e. The van der Waals surface area contributed by atoms with Crippen LogP contribution < -0.4 is 0 Å². The third-order valence-electron chi connectivity index (χ3n) is 3.19. The Morgan fingerprint density at radius 2 is 1.45 bits per heavy atom. The number of unbranched alkanes of at least 4 members (excludes halogenated alkanes) is 5. The maximum Gasteiger partial charge on any atom is 0.333 e. The first-order valence-corrected chi connectivity index (χ1v) is 9.44. The van der Waals surface area contributed by atoms with Gasteiger partial charge in [-0.3, -0.25) is 4.57 Å². The van der Waals surface area contributed by atoms with E-state index in [2.05, 4.69) is 6.92 Å². The Morgan fingerprint density at radius 1 is 0.900 bits per heavy atom. The molecule has 0 saturated carbocycles. The molecule has 0 aromatic rings. The van der Waals surface area contributed by atoms with Gasteiger partial charge in [0.25, 0.3) is 0 Å². The molecule has 0 aromatic heterocycles. The van der Waals surface area contributed by atoms with Gasteiger partial charge in [-0.05, 0) is 33.6 Å². The van der Waals surface area contributed by atoms with Gasteiger partial charge in [0.15, 0.2) is 0 Å². The molecule has 0 rings (SSSR count). The molecule has 5 heteroatoms. The number of rotatable bonds is 12. The Labute approximate surface area is 124 Å². The van der Waals surface area contributed by atoms with Gasteiger partial charge in [-0.15, -0.1) is 0 Å². The molecule has 4 nitrogen and oxygen atoms in total. The monoisotopic (exact) mass is 308 g/mol. The lowest BCUT2D eigenvalue weighted by Gasteiger charge is -2.24. The van der Waals surface area contributed by atoms with Crippen LogP contribution in [-0.4, -0.2) is 29.9 Å². The van der Waals surface area contributed by atoms with Crippen LogP contribution in [0.5, 0.6) is 0 Å². The molecule has 1 unspecified atom stereocenters. The minimum atomic E-state index is -3.51. The molecule has 0 radical (unpaired) electrons. The van der Waals surface area contributed by atoms with Crippen LogP contribution >= 0.6 is 7.60 Å². The quantitative estimate of drug-likeness (QED) is 0.417. The SMILES string of the molecule is CCCCCCCCOCCCOP(=O)(O)C(C)(C)C. The second-order valence-electron chi connectivity index (χ2n) is 6.26. The van der Waals surface area contributed by atoms with Crippen LogP contribution in [0.3, 0.4) is 0 Å². The summed E-state index contributed by atoms with van der Waals surface area (Å²) in [6.45, 7) is 9.01. The van der Waals surface area contributed by atoms with E-state index in [4.69, 9.17) is 9.26 Å². The Bertz CT molecular complexity index is 274. The van der Waals surface area contributed by atoms with Gasteiger partial charge in [-0.2, -0.15) is 0 Å². The summed E-state index contributed by atoms with van der Waals surface area (Å²) >= 11 is 0. The Morgan fingerprint density at radius 3 is 2.05 bits per heavy atom. The van der Waals surface area contributed by atoms with E-state index in [0.717, 1.165) is 13.0 Å². The van der Waals surface area contributed by atoms with Gasteiger partial charge in [-0.1, -0.05) is 39.0 Å². The lowest BCUT2D eigenvalue weighted by atomic mass is 10.1. The predicted octanol–water partition coefficient (Wildman–Crippen LogP) is 4.75. The van der Waals surface area contributed by atoms with Crippen molar-refractivity contribution in [1.82, 2.24) is 0 Å². The fourth-order valence-electron chi connectivity index (χ4n) is 1.63. The Balaban J connectivity index is 3.35. The smallest absolute Gasteiger partial charge is 0.333 e. The Kier molecular flexibility index (Phi) is 10.8. The molecule has 0 aliphatic rings. The molecule has 0 aromatic carbocycles. The van der Waals surface area contributed by atoms with E-state index in [1.54, 1.807) is 20.8 Å². The maximum atomic E-state index is 11.8. The Hall–Kier alpha value is 0.110. The van der Waals surface area contributed by atoms with Gasteiger partial charge in [0.1, 0.15) is 0 Å². The molecule has 0 spiro atoms. The minimum absolute atomic E-state index is 0.279. The van der Waals surface area contributed by atoms with Crippen LogP contribution in [0.25, 0.3) is 0 Å². The molecular weight excluding hydrogens is 275 g/mol. The zero-order chi connectivity index (χ0) is 15.5. The van der Waals surface area contributed by atoms with Gasteiger partial charge in [0, 0.05) is 13.2 Å². The van der Waals surface area contributed by atoms with Crippen LogP contribution in [0.15, 0.2) is 0 Å². The van der Waals surface area contributed by atoms with Crippen molar-refractivity contribution in [1.29, 1.82) is 0 Å². The van der Waals surface area contributed by atoms with Crippen LogP contribution in [0.1, 0.15) is 72.6 Å². The summed E-state index contributed by atoms with van der Waals surface area (Å²) in [4.78, 5) is 9.69. The largest absolute Gasteiger partial charge is 0.381 e. The molecule has 0 aliphatic carbocycles. The standard InChI is InChI=1S/C15H33O4P/c1-5-6-7-8-9-10-12-18-13-11-14-19-20(16,17)15(2,3)4/h5-14H2,1-4H3,(H,16,17). The van der Waals surface area contributed by atoms with Gasteiger partial charge in [-0.25, -0.2) is 0 Å². The van der Waals surface area contributed by atoms with Gasteiger partial charge < -0.3 is 14.2 Å². The molecule has 0 saturated heterocycles. The second-order valence-corrected chi connectivity index (χ2v) is 8.90. The van der Waals surface area contributed by atoms with Crippen molar-refractivity contribution in [3.05, 3.63) is 0 Å². The first kappa shape index (κ1) is 20.1. The first-order valence-electron chi connectivity index (χ1n) is 7.86. The van der Waals surface area contributed by atoms with Crippen molar-refractivity contribution >= 4 is 7.60 Å². The molecule has 0 aliphatic heterocycles. The molecular formula is C15H33O4P. The third-order valence-corrected chi connectivity index (χ3v) is 5.42. The number of hydrogen-bond donors (Lipinski definition) is 1. The average molecular weight is 308 g/mol. The van der Waals surface area contributed by atoms with Gasteiger partial charge in [0.2, 0.25) is 0 Å². The molecule has 20 heavy (non-hydrogen) atoms. The summed E-state index contributed by atoms with van der Waals surface area (Å²) in [6.07, 6.45) is 8.21. The molecule has 0 bridgehead atoms. The highest BCUT2D eigenvalue weighted by Crippen LogP contribution is 2.54. The molecule has 1 N–H and O–H groups in total. The van der Waals surface area contributed by atoms with E-state index in [0.29, 0.717) is 13.0 Å². The van der Waals surface area contributed by atoms with Crippen LogP contribution in [0.4, 0.5) is 0 Å². The molecule has 0 fully saturated rings. The summed E-state index contributed by atoms with van der Waals surface area (Å²) in [5.41, 5.74) is 0. The first-order chi connectivity index (χ1) is 9.31. The van der Waals surface area contributed by atoms with E-state index < -0.39 is 12.8 Å². The number of hydrogen-bond acceptors (Lipinski definition) is 3. The normalized spacial score (nSPS) is 15.2. The maximum absolute atomic E-state index is 11.8. The zero-order valence-electron chi connectivity index (χ0n) is 13.7. The molecule has 122 valence electrons. The summed E-state index contributed by atoms with van der Waals surface area (Å²) in [7, 11) is -3.51. The summed E-state index contributed by atoms with van der Waals surface area (Å²) in [5, 5.41) is -0.716. The highest BCUT2D eigenvalue weighted by Gasteiger charge is 2.35. The fraction of sp³-hybridized carbons (Fsp3) is 1.00. The third kappa shape index (κ3) is 9.93. The predicted molar refractivity (Wildman–Crippen MR) is 84.3 cm³/mol. The van der Waals surface area contributed by atoms with E-state index in [1.165, 1.54) is 32.1 Å². The average Bonchev–Trinajstić information content (AvgIpc) is 2.34. The van der Waals surface area contributed by atoms with E-state index in [9.17, 15) is 9.46 Å². The van der Waals surface area contributed by atoms with Crippen LogP contribution in [0.2, 0.25) is 0 Å². The molecule has 1 atom stereocenters. The van der Waals surface area contributed by atoms with Crippen molar-refractivity contribution in [2.75, 3.05) is 19.8 Å². The second kappa shape index (κ2) is 10.8. The summed E-state index contributed by atoms with van der Waals surface area (Å²) in [6, 6.07) is 0. The van der Waals surface area contributed by atoms with Crippen molar-refractivity contribution in [2.24, 2.45) is 0 Å². The van der Waals surface area contributed by atoms with E-state index in [1.807, 2.05) is 0 Å². The fourth-order valence-corrected chi connectivity index (χ4v) is 2.39. The van der Waals surface area contributed by atoms with Crippen molar-refractivity contribution in [3.63, 3.8) is 0 Å². The van der Waals surface area contributed by atoms with Crippen LogP contribution in [0, 0.1) is 0 Å². The topological polar surface area (TPSA) is 55.8 Å². The summed E-state index contributed by atoms with van der Waals surface area (Å²) in [5.74, 6) is 0. The van der Waals surface area contributed by atoms with E-state index >= 15 is 0 Å². The van der Waals surface area contributed by atoms with Crippen molar-refractivity contribution in [2.45, 2.75) is 77.8 Å². The summed E-state index contributed by atoms with van der Waals surface area (Å²) < 4.78 is 22.4. The van der Waals surface area contributed by atoms with Crippen molar-refractivity contribution < 1.29 is 18.7 Å². The zero-order valence-corrected chi connectivity index (χ0v) is 14.6. The molecule has 0 amide bonds. The van der Waals surface area contributed by atoms with Crippen molar-refractivity contribution in [3.8, 4) is 0 Å². The van der Waals surface area contributed by atoms with Gasteiger partial charge >= 0.3 is 7.60 Å². The van der Waals surface area contributed by atoms with Crippen LogP contribution in [-0.2, 0) is 13.8 Å². The highest BCUT2D eigenvalue weighted by atomic mass is 31.2. The van der Waals surface area contributed by atoms with Gasteiger partial charge in [0.05, 0.1) is 11.8 Å². The lowest BCUT2D eigenvalue weighted by molar-refractivity contribution is 0.112. The lowest BCUT2D eigenvalue weighted by Crippen LogP contribution is -2.17. The highest BCUT2D eigenvalue weighted by molar-refractivity contribution is 7.54. The number of ether oxygens (including phenoxy) is 1.